The van der Waals surface area contributed by atoms with Crippen molar-refractivity contribution in [2.75, 3.05) is 6.61 Å². The molecule has 1 aliphatic rings. The van der Waals surface area contributed by atoms with Gasteiger partial charge in [0.2, 0.25) is 0 Å². The quantitative estimate of drug-likeness (QED) is 0.287. The minimum absolute atomic E-state index is 0.342. The summed E-state index contributed by atoms with van der Waals surface area (Å²) in [6.45, 7) is 3.13. The second kappa shape index (κ2) is 12.4. The second-order valence-corrected chi connectivity index (χ2v) is 7.71. The standard InChI is InChI=1S/C23H38O2/c1-2-3-4-5-6-7-8-9-10-11-12-13-15-20-16-14-17-23(24)22(20)18-21-19-25-21/h14,16-17,21,24H,2-13,15,18-19H2,1H3. The third kappa shape index (κ3) is 8.76. The Hall–Kier alpha value is -1.02. The third-order valence-corrected chi connectivity index (χ3v) is 5.38. The number of benzene rings is 1. The molecule has 1 aromatic carbocycles. The number of aromatic hydroxyl groups is 1. The highest BCUT2D eigenvalue weighted by atomic mass is 16.6. The Kier molecular flexibility index (Phi) is 10.0. The number of rotatable bonds is 15. The number of hydrogen-bond acceptors (Lipinski definition) is 2. The van der Waals surface area contributed by atoms with E-state index in [1.54, 1.807) is 0 Å². The van der Waals surface area contributed by atoms with Crippen LogP contribution in [0.4, 0.5) is 0 Å². The summed E-state index contributed by atoms with van der Waals surface area (Å²) in [6, 6.07) is 5.96. The molecule has 1 heterocycles. The number of epoxide rings is 1. The SMILES string of the molecule is CCCCCCCCCCCCCCc1cccc(O)c1CC1CO1. The van der Waals surface area contributed by atoms with Crippen LogP contribution in [0, 0.1) is 0 Å². The van der Waals surface area contributed by atoms with E-state index in [2.05, 4.69) is 13.0 Å². The van der Waals surface area contributed by atoms with Crippen molar-refractivity contribution in [3.05, 3.63) is 29.3 Å². The molecule has 1 aliphatic heterocycles. The number of phenolic OH excluding ortho intramolecular Hbond substituents is 1. The molecule has 0 bridgehead atoms. The Morgan fingerprint density at radius 1 is 0.880 bits per heavy atom. The lowest BCUT2D eigenvalue weighted by Gasteiger charge is -2.10. The van der Waals surface area contributed by atoms with Crippen molar-refractivity contribution in [2.24, 2.45) is 0 Å². The molecule has 2 nitrogen and oxygen atoms in total. The maximum Gasteiger partial charge on any atom is 0.119 e. The van der Waals surface area contributed by atoms with Gasteiger partial charge in [-0.25, -0.2) is 0 Å². The van der Waals surface area contributed by atoms with E-state index >= 15 is 0 Å². The number of unbranched alkanes of at least 4 members (excludes halogenated alkanes) is 11. The van der Waals surface area contributed by atoms with Gasteiger partial charge in [0.15, 0.2) is 0 Å². The average Bonchev–Trinajstić information content (AvgIpc) is 3.43. The Morgan fingerprint density at radius 2 is 1.44 bits per heavy atom. The second-order valence-electron chi connectivity index (χ2n) is 7.71. The summed E-state index contributed by atoms with van der Waals surface area (Å²) < 4.78 is 5.33. The van der Waals surface area contributed by atoms with Gasteiger partial charge in [-0.05, 0) is 30.0 Å². The van der Waals surface area contributed by atoms with Gasteiger partial charge in [-0.15, -0.1) is 0 Å². The predicted molar refractivity (Wildman–Crippen MR) is 106 cm³/mol. The van der Waals surface area contributed by atoms with Gasteiger partial charge in [-0.3, -0.25) is 0 Å². The summed E-state index contributed by atoms with van der Waals surface area (Å²) in [6.07, 6.45) is 18.9. The first-order chi connectivity index (χ1) is 12.3. The van der Waals surface area contributed by atoms with Crippen molar-refractivity contribution in [3.8, 4) is 5.75 Å². The van der Waals surface area contributed by atoms with Crippen LogP contribution in [-0.2, 0) is 17.6 Å². The van der Waals surface area contributed by atoms with E-state index < -0.39 is 0 Å². The fourth-order valence-electron chi connectivity index (χ4n) is 3.66. The number of hydrogen-bond donors (Lipinski definition) is 1. The van der Waals surface area contributed by atoms with Crippen molar-refractivity contribution in [2.45, 2.75) is 103 Å². The lowest BCUT2D eigenvalue weighted by Crippen LogP contribution is -2.00. The smallest absolute Gasteiger partial charge is 0.119 e. The minimum atomic E-state index is 0.342. The topological polar surface area (TPSA) is 32.8 Å². The van der Waals surface area contributed by atoms with Gasteiger partial charge < -0.3 is 9.84 Å². The Bertz CT molecular complexity index is 465. The van der Waals surface area contributed by atoms with Crippen LogP contribution in [0.3, 0.4) is 0 Å². The van der Waals surface area contributed by atoms with Gasteiger partial charge in [0.05, 0.1) is 12.7 Å². The number of phenols is 1. The van der Waals surface area contributed by atoms with Crippen molar-refractivity contribution in [1.29, 1.82) is 0 Å². The van der Waals surface area contributed by atoms with Crippen molar-refractivity contribution < 1.29 is 9.84 Å². The summed E-state index contributed by atoms with van der Waals surface area (Å²) in [7, 11) is 0. The molecule has 0 amide bonds. The molecule has 1 aromatic rings. The Morgan fingerprint density at radius 3 is 2.00 bits per heavy atom. The molecule has 0 radical (unpaired) electrons. The molecule has 1 saturated heterocycles. The van der Waals surface area contributed by atoms with Crippen molar-refractivity contribution in [3.63, 3.8) is 0 Å². The molecule has 1 fully saturated rings. The highest BCUT2D eigenvalue weighted by Gasteiger charge is 2.25. The van der Waals surface area contributed by atoms with Crippen molar-refractivity contribution >= 4 is 0 Å². The van der Waals surface area contributed by atoms with Crippen LogP contribution < -0.4 is 0 Å². The van der Waals surface area contributed by atoms with Crippen LogP contribution >= 0.6 is 0 Å². The van der Waals surface area contributed by atoms with Crippen LogP contribution in [0.2, 0.25) is 0 Å². The minimum Gasteiger partial charge on any atom is -0.508 e. The highest BCUT2D eigenvalue weighted by molar-refractivity contribution is 5.40. The van der Waals surface area contributed by atoms with E-state index in [9.17, 15) is 5.11 Å². The monoisotopic (exact) mass is 346 g/mol. The molecule has 2 heteroatoms. The molecule has 0 aromatic heterocycles. The van der Waals surface area contributed by atoms with Crippen LogP contribution in [0.5, 0.6) is 5.75 Å². The van der Waals surface area contributed by atoms with E-state index in [0.29, 0.717) is 11.9 Å². The van der Waals surface area contributed by atoms with Crippen molar-refractivity contribution in [1.82, 2.24) is 0 Å². The molecule has 142 valence electrons. The third-order valence-electron chi connectivity index (χ3n) is 5.38. The number of ether oxygens (including phenoxy) is 1. The maximum absolute atomic E-state index is 10.1. The molecule has 0 aliphatic carbocycles. The van der Waals surface area contributed by atoms with Gasteiger partial charge in [-0.2, -0.15) is 0 Å². The lowest BCUT2D eigenvalue weighted by atomic mass is 9.96. The molecule has 1 N–H and O–H groups in total. The van der Waals surface area contributed by atoms with Gasteiger partial charge in [-0.1, -0.05) is 89.7 Å². The van der Waals surface area contributed by atoms with Gasteiger partial charge >= 0.3 is 0 Å². The molecule has 25 heavy (non-hydrogen) atoms. The molecule has 1 atom stereocenters. The zero-order chi connectivity index (χ0) is 17.7. The lowest BCUT2D eigenvalue weighted by molar-refractivity contribution is 0.401. The molecular formula is C23H38O2. The summed E-state index contributed by atoms with van der Waals surface area (Å²) in [5, 5.41) is 10.1. The van der Waals surface area contributed by atoms with Crippen LogP contribution in [0.25, 0.3) is 0 Å². The zero-order valence-corrected chi connectivity index (χ0v) is 16.3. The van der Waals surface area contributed by atoms with Gasteiger partial charge in [0.25, 0.3) is 0 Å². The normalized spacial score (nSPS) is 16.3. The fourth-order valence-corrected chi connectivity index (χ4v) is 3.66. The van der Waals surface area contributed by atoms with Crippen LogP contribution in [0.15, 0.2) is 18.2 Å². The average molecular weight is 347 g/mol. The van der Waals surface area contributed by atoms with Gasteiger partial charge in [0, 0.05) is 6.42 Å². The van der Waals surface area contributed by atoms with E-state index in [-0.39, 0.29) is 0 Å². The van der Waals surface area contributed by atoms with E-state index in [1.807, 2.05) is 12.1 Å². The molecule has 2 rings (SSSR count). The summed E-state index contributed by atoms with van der Waals surface area (Å²) in [4.78, 5) is 0. The molecule has 1 unspecified atom stereocenters. The van der Waals surface area contributed by atoms with E-state index in [0.717, 1.165) is 25.0 Å². The van der Waals surface area contributed by atoms with Gasteiger partial charge in [0.1, 0.15) is 5.75 Å². The first-order valence-corrected chi connectivity index (χ1v) is 10.7. The molecule has 0 saturated carbocycles. The zero-order valence-electron chi connectivity index (χ0n) is 16.3. The molecule has 0 spiro atoms. The van der Waals surface area contributed by atoms with E-state index in [1.165, 1.54) is 82.6 Å². The summed E-state index contributed by atoms with van der Waals surface area (Å²) >= 11 is 0. The maximum atomic E-state index is 10.1. The summed E-state index contributed by atoms with van der Waals surface area (Å²) in [5.74, 6) is 0.451. The molecular weight excluding hydrogens is 308 g/mol. The highest BCUT2D eigenvalue weighted by Crippen LogP contribution is 2.28. The Labute approximate surface area is 155 Å². The fraction of sp³-hybridized carbons (Fsp3) is 0.739. The predicted octanol–water partition coefficient (Wildman–Crippen LogP) is 6.58. The van der Waals surface area contributed by atoms with Crippen LogP contribution in [0.1, 0.15) is 95.1 Å². The number of aryl methyl sites for hydroxylation is 1. The largest absolute Gasteiger partial charge is 0.508 e. The van der Waals surface area contributed by atoms with Crippen LogP contribution in [-0.4, -0.2) is 17.8 Å². The Balaban J connectivity index is 1.48. The first-order valence-electron chi connectivity index (χ1n) is 10.7. The first kappa shape index (κ1) is 20.3. The summed E-state index contributed by atoms with van der Waals surface area (Å²) in [5.41, 5.74) is 2.44. The van der Waals surface area contributed by atoms with E-state index in [4.69, 9.17) is 4.74 Å².